The lowest BCUT2D eigenvalue weighted by atomic mass is 9.81. The summed E-state index contributed by atoms with van der Waals surface area (Å²) in [6.07, 6.45) is 7.77. The fraction of sp³-hybridized carbons (Fsp3) is 0.231. The number of hydrogen-bond donors (Lipinski definition) is 2. The number of nitrogens with two attached hydrogens (primary N) is 2. The Morgan fingerprint density at radius 1 is 1.13 bits per heavy atom. The Labute approximate surface area is 90.3 Å². The van der Waals surface area contributed by atoms with E-state index in [1.165, 1.54) is 5.56 Å². The normalized spacial score (nSPS) is 29.4. The van der Waals surface area contributed by atoms with Crippen LogP contribution < -0.4 is 11.5 Å². The van der Waals surface area contributed by atoms with Crippen LogP contribution in [0.5, 0.6) is 0 Å². The maximum Gasteiger partial charge on any atom is 0.0788 e. The van der Waals surface area contributed by atoms with E-state index in [-0.39, 0.29) is 6.04 Å². The van der Waals surface area contributed by atoms with E-state index in [1.807, 2.05) is 36.4 Å². The first kappa shape index (κ1) is 10.1. The van der Waals surface area contributed by atoms with E-state index in [4.69, 9.17) is 11.5 Å². The molecule has 0 aromatic heterocycles. The topological polar surface area (TPSA) is 52.0 Å². The molecule has 1 aromatic rings. The Morgan fingerprint density at radius 3 is 2.40 bits per heavy atom. The molecule has 0 heterocycles. The van der Waals surface area contributed by atoms with Crippen LogP contribution in [-0.2, 0) is 5.54 Å². The largest absolute Gasteiger partial charge is 0.322 e. The summed E-state index contributed by atoms with van der Waals surface area (Å²) in [6.45, 7) is 2.06. The van der Waals surface area contributed by atoms with Crippen molar-refractivity contribution < 1.29 is 0 Å². The molecule has 0 radical (unpaired) electrons. The van der Waals surface area contributed by atoms with Crippen molar-refractivity contribution in [2.45, 2.75) is 18.5 Å². The van der Waals surface area contributed by atoms with Crippen molar-refractivity contribution in [2.24, 2.45) is 11.5 Å². The first-order valence-corrected chi connectivity index (χ1v) is 5.10. The molecule has 0 spiro atoms. The molecule has 4 N–H and O–H groups in total. The van der Waals surface area contributed by atoms with Crippen LogP contribution in [0.25, 0.3) is 0 Å². The van der Waals surface area contributed by atoms with Gasteiger partial charge in [-0.05, 0) is 12.5 Å². The van der Waals surface area contributed by atoms with Crippen LogP contribution in [-0.4, -0.2) is 6.04 Å². The Bertz CT molecular complexity index is 403. The average molecular weight is 200 g/mol. The SMILES string of the molecule is Cc1ccc(C2(N)C=CC=CC2N)cc1. The third kappa shape index (κ3) is 1.74. The molecule has 1 aliphatic carbocycles. The minimum atomic E-state index is -0.567. The molecule has 2 nitrogen and oxygen atoms in total. The highest BCUT2D eigenvalue weighted by Crippen LogP contribution is 2.26. The van der Waals surface area contributed by atoms with Gasteiger partial charge >= 0.3 is 0 Å². The summed E-state index contributed by atoms with van der Waals surface area (Å²) in [7, 11) is 0. The van der Waals surface area contributed by atoms with Gasteiger partial charge in [-0.2, -0.15) is 0 Å². The van der Waals surface area contributed by atoms with Crippen LogP contribution in [0.3, 0.4) is 0 Å². The minimum Gasteiger partial charge on any atom is -0.322 e. The third-order valence-electron chi connectivity index (χ3n) is 2.90. The molecule has 0 aliphatic heterocycles. The van der Waals surface area contributed by atoms with E-state index in [2.05, 4.69) is 19.1 Å². The first-order valence-electron chi connectivity index (χ1n) is 5.10. The second-order valence-corrected chi connectivity index (χ2v) is 4.07. The van der Waals surface area contributed by atoms with Gasteiger partial charge < -0.3 is 11.5 Å². The lowest BCUT2D eigenvalue weighted by molar-refractivity contribution is 0.492. The number of hydrogen-bond acceptors (Lipinski definition) is 2. The van der Waals surface area contributed by atoms with Gasteiger partial charge in [0.05, 0.1) is 5.54 Å². The van der Waals surface area contributed by atoms with Crippen LogP contribution in [0.4, 0.5) is 0 Å². The monoisotopic (exact) mass is 200 g/mol. The summed E-state index contributed by atoms with van der Waals surface area (Å²) in [5, 5.41) is 0. The van der Waals surface area contributed by atoms with Gasteiger partial charge in [-0.3, -0.25) is 0 Å². The molecule has 1 aromatic carbocycles. The summed E-state index contributed by atoms with van der Waals surface area (Å²) in [5.41, 5.74) is 14.0. The van der Waals surface area contributed by atoms with E-state index in [0.717, 1.165) is 5.56 Å². The van der Waals surface area contributed by atoms with E-state index in [0.29, 0.717) is 0 Å². The zero-order valence-corrected chi connectivity index (χ0v) is 8.85. The summed E-state index contributed by atoms with van der Waals surface area (Å²) in [6, 6.07) is 8.04. The third-order valence-corrected chi connectivity index (χ3v) is 2.90. The fourth-order valence-electron chi connectivity index (χ4n) is 1.80. The van der Waals surface area contributed by atoms with Crippen LogP contribution in [0, 0.1) is 6.92 Å². The molecular formula is C13H16N2. The van der Waals surface area contributed by atoms with Crippen LogP contribution in [0.2, 0.25) is 0 Å². The number of rotatable bonds is 1. The lowest BCUT2D eigenvalue weighted by Gasteiger charge is -2.33. The van der Waals surface area contributed by atoms with Gasteiger partial charge in [-0.25, -0.2) is 0 Å². The molecule has 78 valence electrons. The van der Waals surface area contributed by atoms with Crippen LogP contribution in [0.1, 0.15) is 11.1 Å². The van der Waals surface area contributed by atoms with Crippen molar-refractivity contribution in [2.75, 3.05) is 0 Å². The van der Waals surface area contributed by atoms with Crippen molar-refractivity contribution in [3.8, 4) is 0 Å². The summed E-state index contributed by atoms with van der Waals surface area (Å²) < 4.78 is 0. The second-order valence-electron chi connectivity index (χ2n) is 4.07. The zero-order valence-electron chi connectivity index (χ0n) is 8.85. The lowest BCUT2D eigenvalue weighted by Crippen LogP contribution is -2.50. The van der Waals surface area contributed by atoms with E-state index >= 15 is 0 Å². The highest BCUT2D eigenvalue weighted by molar-refractivity contribution is 5.38. The Morgan fingerprint density at radius 2 is 1.80 bits per heavy atom. The number of allylic oxidation sites excluding steroid dienone is 2. The predicted molar refractivity (Wildman–Crippen MR) is 63.3 cm³/mol. The summed E-state index contributed by atoms with van der Waals surface area (Å²) >= 11 is 0. The van der Waals surface area contributed by atoms with Gasteiger partial charge in [0.25, 0.3) is 0 Å². The average Bonchev–Trinajstić information content (AvgIpc) is 2.23. The molecule has 15 heavy (non-hydrogen) atoms. The smallest absolute Gasteiger partial charge is 0.0788 e. The summed E-state index contributed by atoms with van der Waals surface area (Å²) in [5.74, 6) is 0. The number of benzene rings is 1. The molecule has 2 heteroatoms. The highest BCUT2D eigenvalue weighted by atomic mass is 14.8. The molecule has 0 fully saturated rings. The van der Waals surface area contributed by atoms with Crippen molar-refractivity contribution in [3.63, 3.8) is 0 Å². The fourth-order valence-corrected chi connectivity index (χ4v) is 1.80. The summed E-state index contributed by atoms with van der Waals surface area (Å²) in [4.78, 5) is 0. The molecule has 0 bridgehead atoms. The Balaban J connectivity index is 2.41. The predicted octanol–water partition coefficient (Wildman–Crippen LogP) is 1.60. The highest BCUT2D eigenvalue weighted by Gasteiger charge is 2.31. The zero-order chi connectivity index (χ0) is 10.9. The van der Waals surface area contributed by atoms with Gasteiger partial charge in [-0.15, -0.1) is 0 Å². The first-order chi connectivity index (χ1) is 7.13. The van der Waals surface area contributed by atoms with Crippen LogP contribution in [0.15, 0.2) is 48.6 Å². The van der Waals surface area contributed by atoms with Crippen LogP contribution >= 0.6 is 0 Å². The maximum absolute atomic E-state index is 6.31. The molecule has 2 atom stereocenters. The van der Waals surface area contributed by atoms with Gasteiger partial charge in [0.2, 0.25) is 0 Å². The Kier molecular flexibility index (Phi) is 2.47. The minimum absolute atomic E-state index is 0.162. The standard InChI is InChI=1S/C13H16N2/c1-10-5-7-11(8-6-10)13(15)9-3-2-4-12(13)14/h2-9,12H,14-15H2,1H3. The molecular weight excluding hydrogens is 184 g/mol. The second kappa shape index (κ2) is 3.65. The van der Waals surface area contributed by atoms with Gasteiger partial charge in [0, 0.05) is 6.04 Å². The molecule has 0 saturated carbocycles. The quantitative estimate of drug-likeness (QED) is 0.723. The maximum atomic E-state index is 6.31. The Hall–Kier alpha value is -1.38. The molecule has 0 saturated heterocycles. The molecule has 2 unspecified atom stereocenters. The molecule has 0 amide bonds. The van der Waals surface area contributed by atoms with Crippen molar-refractivity contribution in [1.29, 1.82) is 0 Å². The van der Waals surface area contributed by atoms with E-state index < -0.39 is 5.54 Å². The van der Waals surface area contributed by atoms with E-state index in [9.17, 15) is 0 Å². The molecule has 2 rings (SSSR count). The number of aryl methyl sites for hydroxylation is 1. The van der Waals surface area contributed by atoms with Crippen molar-refractivity contribution in [3.05, 3.63) is 59.7 Å². The molecule has 1 aliphatic rings. The van der Waals surface area contributed by atoms with E-state index in [1.54, 1.807) is 0 Å². The van der Waals surface area contributed by atoms with Gasteiger partial charge in [0.1, 0.15) is 0 Å². The van der Waals surface area contributed by atoms with Crippen molar-refractivity contribution in [1.82, 2.24) is 0 Å². The van der Waals surface area contributed by atoms with Crippen molar-refractivity contribution >= 4 is 0 Å². The van der Waals surface area contributed by atoms with Gasteiger partial charge in [0.15, 0.2) is 0 Å². The van der Waals surface area contributed by atoms with Gasteiger partial charge in [-0.1, -0.05) is 54.1 Å².